The normalized spacial score (nSPS) is 14.5. The SMILES string of the molecule is CC(C)C[C@H](NC(=O)[C@H](Cc1ccccc1)NC(=O)[C@H](C)NC(=O)[C@@H](NC(=O)CNC(=O)[C@H](C)NC(=O)[C@H](CCCCN)NC(=O)[C@@H](N)Cc1ccc(O)cc1)C(C)C)C(=O)O. The number of carboxylic acid groups (broad SMARTS) is 1. The van der Waals surface area contributed by atoms with Gasteiger partial charge in [-0.2, -0.15) is 0 Å². The topological polar surface area (TPSA) is 313 Å². The number of phenols is 1. The van der Waals surface area contributed by atoms with Crippen LogP contribution < -0.4 is 48.7 Å². The molecule has 0 spiro atoms. The molecule has 62 heavy (non-hydrogen) atoms. The Hall–Kier alpha value is -6.08. The summed E-state index contributed by atoms with van der Waals surface area (Å²) < 4.78 is 0. The zero-order chi connectivity index (χ0) is 46.5. The lowest BCUT2D eigenvalue weighted by Crippen LogP contribution is -2.59. The highest BCUT2D eigenvalue weighted by atomic mass is 16.4. The van der Waals surface area contributed by atoms with Crippen molar-refractivity contribution < 1.29 is 48.6 Å². The number of unbranched alkanes of at least 4 members (excludes halogenated alkanes) is 1. The van der Waals surface area contributed by atoms with Crippen LogP contribution in [0.4, 0.5) is 0 Å². The summed E-state index contributed by atoms with van der Waals surface area (Å²) in [5, 5.41) is 37.0. The van der Waals surface area contributed by atoms with Crippen molar-refractivity contribution in [2.45, 2.75) is 122 Å². The molecule has 0 heterocycles. The van der Waals surface area contributed by atoms with Crippen LogP contribution >= 0.6 is 0 Å². The fourth-order valence-electron chi connectivity index (χ4n) is 6.17. The first-order chi connectivity index (χ1) is 29.2. The monoisotopic (exact) mass is 867 g/mol. The van der Waals surface area contributed by atoms with E-state index in [1.165, 1.54) is 26.0 Å². The summed E-state index contributed by atoms with van der Waals surface area (Å²) in [7, 11) is 0. The minimum absolute atomic E-state index is 0.0372. The molecule has 13 N–H and O–H groups in total. The number of carbonyl (C=O) groups is 8. The van der Waals surface area contributed by atoms with Crippen LogP contribution in [0.1, 0.15) is 78.4 Å². The van der Waals surface area contributed by atoms with Gasteiger partial charge in [-0.1, -0.05) is 70.2 Å². The Labute approximate surface area is 362 Å². The summed E-state index contributed by atoms with van der Waals surface area (Å²) in [5.41, 5.74) is 13.1. The Morgan fingerprint density at radius 2 is 1.15 bits per heavy atom. The number of hydrogen-bond donors (Lipinski definition) is 11. The molecule has 342 valence electrons. The zero-order valence-electron chi connectivity index (χ0n) is 36.4. The quantitative estimate of drug-likeness (QED) is 0.0533. The first-order valence-corrected chi connectivity index (χ1v) is 20.8. The van der Waals surface area contributed by atoms with Crippen molar-refractivity contribution in [2.24, 2.45) is 23.3 Å². The smallest absolute Gasteiger partial charge is 0.326 e. The van der Waals surface area contributed by atoms with Gasteiger partial charge in [-0.25, -0.2) is 4.79 Å². The Kier molecular flexibility index (Phi) is 22.1. The minimum Gasteiger partial charge on any atom is -0.508 e. The molecule has 0 saturated carbocycles. The third-order valence-corrected chi connectivity index (χ3v) is 9.74. The van der Waals surface area contributed by atoms with Gasteiger partial charge in [0.1, 0.15) is 42.0 Å². The summed E-state index contributed by atoms with van der Waals surface area (Å²) in [6, 6.07) is 7.06. The van der Waals surface area contributed by atoms with E-state index in [4.69, 9.17) is 11.5 Å². The Bertz CT molecular complexity index is 1810. The maximum absolute atomic E-state index is 13.4. The van der Waals surface area contributed by atoms with E-state index in [2.05, 4.69) is 37.2 Å². The molecular formula is C43H65N9O10. The number of rotatable bonds is 26. The third kappa shape index (κ3) is 18.7. The third-order valence-electron chi connectivity index (χ3n) is 9.74. The summed E-state index contributed by atoms with van der Waals surface area (Å²) >= 11 is 0. The maximum atomic E-state index is 13.4. The summed E-state index contributed by atoms with van der Waals surface area (Å²) in [6.07, 6.45) is 1.64. The molecule has 0 bridgehead atoms. The van der Waals surface area contributed by atoms with E-state index >= 15 is 0 Å². The molecule has 0 aliphatic carbocycles. The Balaban J connectivity index is 2.00. The Morgan fingerprint density at radius 3 is 1.73 bits per heavy atom. The van der Waals surface area contributed by atoms with E-state index in [0.717, 1.165) is 0 Å². The molecule has 2 aromatic carbocycles. The number of nitrogens with one attached hydrogen (secondary N) is 7. The number of benzene rings is 2. The van der Waals surface area contributed by atoms with Gasteiger partial charge in [0.25, 0.3) is 0 Å². The lowest BCUT2D eigenvalue weighted by atomic mass is 10.0. The molecule has 0 saturated heterocycles. The van der Waals surface area contributed by atoms with Crippen LogP contribution in [-0.2, 0) is 51.2 Å². The second-order valence-electron chi connectivity index (χ2n) is 16.1. The first kappa shape index (κ1) is 52.1. The van der Waals surface area contributed by atoms with Crippen molar-refractivity contribution in [3.8, 4) is 5.75 Å². The van der Waals surface area contributed by atoms with E-state index in [1.54, 1.807) is 56.3 Å². The van der Waals surface area contributed by atoms with Crippen molar-refractivity contribution >= 4 is 47.3 Å². The molecule has 0 aromatic heterocycles. The van der Waals surface area contributed by atoms with Gasteiger partial charge in [0, 0.05) is 6.42 Å². The van der Waals surface area contributed by atoms with Gasteiger partial charge >= 0.3 is 5.97 Å². The lowest BCUT2D eigenvalue weighted by molar-refractivity contribution is -0.142. The molecule has 7 amide bonds. The molecule has 0 fully saturated rings. The average Bonchev–Trinajstić information content (AvgIpc) is 3.21. The van der Waals surface area contributed by atoms with Crippen LogP contribution in [0, 0.1) is 11.8 Å². The molecule has 0 aliphatic rings. The lowest BCUT2D eigenvalue weighted by Gasteiger charge is -2.26. The summed E-state index contributed by atoms with van der Waals surface area (Å²) in [6.45, 7) is 9.52. The van der Waals surface area contributed by atoms with Crippen LogP contribution in [-0.4, -0.2) is 113 Å². The highest BCUT2D eigenvalue weighted by molar-refractivity contribution is 5.96. The van der Waals surface area contributed by atoms with Crippen molar-refractivity contribution in [3.63, 3.8) is 0 Å². The van der Waals surface area contributed by atoms with Crippen molar-refractivity contribution in [2.75, 3.05) is 13.1 Å². The number of hydrogen-bond acceptors (Lipinski definition) is 11. The van der Waals surface area contributed by atoms with E-state index in [1.807, 2.05) is 13.8 Å². The van der Waals surface area contributed by atoms with Gasteiger partial charge < -0.3 is 58.9 Å². The van der Waals surface area contributed by atoms with Crippen LogP contribution in [0.3, 0.4) is 0 Å². The molecule has 0 radical (unpaired) electrons. The first-order valence-electron chi connectivity index (χ1n) is 20.8. The standard InChI is InChI=1S/C43H65N9O10/c1-24(2)20-34(43(61)62)51-41(59)33(22-28-12-8-7-9-13-28)50-38(56)27(6)48-42(60)36(25(3)4)52-35(54)23-46-37(55)26(5)47-40(58)32(14-10-11-19-44)49-39(57)31(45)21-29-15-17-30(53)18-16-29/h7-9,12-13,15-18,24-27,31-34,36,53H,10-11,14,19-23,44-45H2,1-6H3,(H,46,55)(H,47,58)(H,48,60)(H,49,57)(H,50,56)(H,51,59)(H,52,54)(H,61,62)/t26-,27-,31-,32-,33-,34-,36-/m0/s1. The number of amides is 7. The van der Waals surface area contributed by atoms with Crippen LogP contribution in [0.5, 0.6) is 5.75 Å². The second kappa shape index (κ2) is 26.3. The molecule has 19 nitrogen and oxygen atoms in total. The summed E-state index contributed by atoms with van der Waals surface area (Å²) in [5.74, 6) is -6.57. The minimum atomic E-state index is -1.22. The Morgan fingerprint density at radius 1 is 0.597 bits per heavy atom. The number of phenolic OH excluding ortho intramolecular Hbond substituents is 1. The highest BCUT2D eigenvalue weighted by Crippen LogP contribution is 2.12. The number of carbonyl (C=O) groups excluding carboxylic acids is 7. The van der Waals surface area contributed by atoms with E-state index in [9.17, 15) is 48.6 Å². The van der Waals surface area contributed by atoms with E-state index in [0.29, 0.717) is 30.5 Å². The number of nitrogens with two attached hydrogens (primary N) is 2. The number of aromatic hydroxyl groups is 1. The molecule has 2 rings (SSSR count). The molecule has 7 atom stereocenters. The highest BCUT2D eigenvalue weighted by Gasteiger charge is 2.32. The number of aliphatic carboxylic acids is 1. The van der Waals surface area contributed by atoms with Gasteiger partial charge in [-0.05, 0) is 87.6 Å². The van der Waals surface area contributed by atoms with E-state index in [-0.39, 0.29) is 37.4 Å². The predicted octanol–water partition coefficient (Wildman–Crippen LogP) is -0.515. The van der Waals surface area contributed by atoms with Gasteiger partial charge in [-0.15, -0.1) is 0 Å². The summed E-state index contributed by atoms with van der Waals surface area (Å²) in [4.78, 5) is 104. The fraction of sp³-hybridized carbons (Fsp3) is 0.535. The second-order valence-corrected chi connectivity index (χ2v) is 16.1. The predicted molar refractivity (Wildman–Crippen MR) is 231 cm³/mol. The molecular weight excluding hydrogens is 803 g/mol. The van der Waals surface area contributed by atoms with Crippen LogP contribution in [0.15, 0.2) is 54.6 Å². The van der Waals surface area contributed by atoms with Crippen molar-refractivity contribution in [3.05, 3.63) is 65.7 Å². The van der Waals surface area contributed by atoms with Gasteiger partial charge in [0.2, 0.25) is 41.4 Å². The maximum Gasteiger partial charge on any atom is 0.326 e. The van der Waals surface area contributed by atoms with Gasteiger partial charge in [-0.3, -0.25) is 33.6 Å². The van der Waals surface area contributed by atoms with E-state index < -0.39 is 102 Å². The molecule has 0 unspecified atom stereocenters. The zero-order valence-corrected chi connectivity index (χ0v) is 36.4. The van der Waals surface area contributed by atoms with Crippen molar-refractivity contribution in [1.82, 2.24) is 37.2 Å². The van der Waals surface area contributed by atoms with Crippen molar-refractivity contribution in [1.29, 1.82) is 0 Å². The molecule has 19 heteroatoms. The van der Waals surface area contributed by atoms with Gasteiger partial charge in [0.15, 0.2) is 0 Å². The van der Waals surface area contributed by atoms with Gasteiger partial charge in [0.05, 0.1) is 12.6 Å². The molecule has 2 aromatic rings. The number of carboxylic acids is 1. The average molecular weight is 868 g/mol. The largest absolute Gasteiger partial charge is 0.508 e. The van der Waals surface area contributed by atoms with Crippen LogP contribution in [0.25, 0.3) is 0 Å². The molecule has 0 aliphatic heterocycles. The van der Waals surface area contributed by atoms with Crippen LogP contribution in [0.2, 0.25) is 0 Å². The fourth-order valence-corrected chi connectivity index (χ4v) is 6.17.